The minimum Gasteiger partial charge on any atom is -0.477 e. The molecule has 1 aromatic rings. The van der Waals surface area contributed by atoms with Crippen LogP contribution in [0.1, 0.15) is 76.2 Å². The van der Waals surface area contributed by atoms with Crippen molar-refractivity contribution < 1.29 is 24.0 Å². The number of hydrogen-bond acceptors (Lipinski definition) is 4. The number of ketones is 1. The Kier molecular flexibility index (Phi) is 7.17. The number of aliphatic carboxylic acids is 1. The SMILES string of the molecule is CCC[N+]1(C(=O)C(=O)CCC2CCCCC2)CCC(c2cccnc2)[C@H]1C(=O)O. The number of nitrogens with zero attached hydrogens (tertiary/aromatic N) is 2. The summed E-state index contributed by atoms with van der Waals surface area (Å²) in [5.74, 6) is -1.67. The molecule has 0 spiro atoms. The van der Waals surface area contributed by atoms with E-state index < -0.39 is 17.9 Å². The van der Waals surface area contributed by atoms with E-state index in [9.17, 15) is 19.5 Å². The van der Waals surface area contributed by atoms with Crippen molar-refractivity contribution in [1.82, 2.24) is 4.98 Å². The van der Waals surface area contributed by atoms with Gasteiger partial charge in [0.2, 0.25) is 6.04 Å². The summed E-state index contributed by atoms with van der Waals surface area (Å²) in [7, 11) is 0. The highest BCUT2D eigenvalue weighted by Gasteiger charge is 2.58. The first-order valence-electron chi connectivity index (χ1n) is 11.1. The van der Waals surface area contributed by atoms with Crippen molar-refractivity contribution in [2.24, 2.45) is 5.92 Å². The van der Waals surface area contributed by atoms with Gasteiger partial charge >= 0.3 is 11.9 Å². The second-order valence-corrected chi connectivity index (χ2v) is 8.72. The Morgan fingerprint density at radius 2 is 1.93 bits per heavy atom. The number of rotatable bonds is 8. The number of carboxylic acid groups (broad SMARTS) is 1. The molecule has 29 heavy (non-hydrogen) atoms. The topological polar surface area (TPSA) is 84.3 Å². The standard InChI is InChI=1S/C23H32N2O4/c1-2-14-25(22(27)20(26)11-10-17-7-4-3-5-8-17)15-12-19(21(25)23(28)29)18-9-6-13-24-16-18/h6,9,13,16-17,19,21H,2-5,7-8,10-12,14-15H2,1H3/p+1/t19?,21-,25?/m0/s1. The number of hydrogen-bond donors (Lipinski definition) is 1. The summed E-state index contributed by atoms with van der Waals surface area (Å²) in [5.41, 5.74) is 0.832. The fourth-order valence-corrected chi connectivity index (χ4v) is 5.48. The second-order valence-electron chi connectivity index (χ2n) is 8.72. The van der Waals surface area contributed by atoms with Gasteiger partial charge in [0.25, 0.3) is 5.78 Å². The van der Waals surface area contributed by atoms with Crippen LogP contribution in [-0.2, 0) is 14.4 Å². The Morgan fingerprint density at radius 1 is 1.17 bits per heavy atom. The van der Waals surface area contributed by atoms with Gasteiger partial charge in [-0.1, -0.05) is 45.1 Å². The number of amides is 1. The van der Waals surface area contributed by atoms with Crippen molar-refractivity contribution in [2.45, 2.75) is 76.7 Å². The van der Waals surface area contributed by atoms with E-state index in [2.05, 4.69) is 4.98 Å². The fourth-order valence-electron chi connectivity index (χ4n) is 5.48. The summed E-state index contributed by atoms with van der Waals surface area (Å²) >= 11 is 0. The monoisotopic (exact) mass is 401 g/mol. The first-order chi connectivity index (χ1) is 14.0. The van der Waals surface area contributed by atoms with Gasteiger partial charge in [-0.15, -0.1) is 0 Å². The molecule has 2 aliphatic rings. The van der Waals surface area contributed by atoms with Crippen LogP contribution in [0.3, 0.4) is 0 Å². The number of quaternary nitrogens is 1. The lowest BCUT2D eigenvalue weighted by Crippen LogP contribution is -2.62. The highest BCUT2D eigenvalue weighted by Crippen LogP contribution is 2.40. The average Bonchev–Trinajstić information content (AvgIpc) is 3.13. The summed E-state index contributed by atoms with van der Waals surface area (Å²) in [5, 5.41) is 10.1. The molecule has 6 nitrogen and oxygen atoms in total. The van der Waals surface area contributed by atoms with Crippen LogP contribution in [-0.4, -0.2) is 51.4 Å². The summed E-state index contributed by atoms with van der Waals surface area (Å²) in [6.07, 6.45) is 11.5. The molecular formula is C23H33N2O4+. The molecule has 2 unspecified atom stereocenters. The van der Waals surface area contributed by atoms with E-state index in [0.29, 0.717) is 31.8 Å². The van der Waals surface area contributed by atoms with Crippen LogP contribution >= 0.6 is 0 Å². The molecule has 1 N–H and O–H groups in total. The van der Waals surface area contributed by atoms with Crippen molar-refractivity contribution in [3.05, 3.63) is 30.1 Å². The molecule has 158 valence electrons. The molecule has 3 rings (SSSR count). The number of Topliss-reactive ketones (excluding diaryl/α,β-unsaturated/α-hetero) is 1. The molecule has 1 amide bonds. The van der Waals surface area contributed by atoms with Gasteiger partial charge in [-0.25, -0.2) is 14.1 Å². The number of pyridine rings is 1. The van der Waals surface area contributed by atoms with Gasteiger partial charge in [0.1, 0.15) is 0 Å². The van der Waals surface area contributed by atoms with Crippen molar-refractivity contribution in [1.29, 1.82) is 0 Å². The molecule has 0 radical (unpaired) electrons. The van der Waals surface area contributed by atoms with E-state index in [0.717, 1.165) is 24.8 Å². The molecule has 1 aliphatic carbocycles. The van der Waals surface area contributed by atoms with Crippen LogP contribution in [0, 0.1) is 5.92 Å². The third kappa shape index (κ3) is 4.58. The van der Waals surface area contributed by atoms with E-state index >= 15 is 0 Å². The molecule has 1 aromatic heterocycles. The lowest BCUT2D eigenvalue weighted by atomic mass is 9.85. The predicted octanol–water partition coefficient (Wildman–Crippen LogP) is 3.71. The van der Waals surface area contributed by atoms with Crippen LogP contribution in [0.25, 0.3) is 0 Å². The van der Waals surface area contributed by atoms with Gasteiger partial charge < -0.3 is 5.11 Å². The zero-order chi connectivity index (χ0) is 20.9. The summed E-state index contributed by atoms with van der Waals surface area (Å²) in [4.78, 5) is 42.7. The van der Waals surface area contributed by atoms with E-state index in [1.807, 2.05) is 13.0 Å². The minimum absolute atomic E-state index is 0.241. The van der Waals surface area contributed by atoms with Crippen LogP contribution in [0.15, 0.2) is 24.5 Å². The summed E-state index contributed by atoms with van der Waals surface area (Å²) < 4.78 is -0.241. The van der Waals surface area contributed by atoms with E-state index in [-0.39, 0.29) is 22.6 Å². The maximum absolute atomic E-state index is 13.4. The van der Waals surface area contributed by atoms with Crippen molar-refractivity contribution in [2.75, 3.05) is 13.1 Å². The van der Waals surface area contributed by atoms with Crippen molar-refractivity contribution >= 4 is 17.7 Å². The van der Waals surface area contributed by atoms with Crippen LogP contribution in [0.5, 0.6) is 0 Å². The second kappa shape index (κ2) is 9.61. The molecule has 2 heterocycles. The van der Waals surface area contributed by atoms with Gasteiger partial charge in [-0.05, 0) is 30.4 Å². The van der Waals surface area contributed by atoms with Gasteiger partial charge in [-0.3, -0.25) is 9.78 Å². The summed E-state index contributed by atoms with van der Waals surface area (Å²) in [6, 6.07) is 2.73. The molecule has 1 saturated carbocycles. The van der Waals surface area contributed by atoms with Crippen LogP contribution in [0.2, 0.25) is 0 Å². The number of likely N-dealkylation sites (tertiary alicyclic amines) is 1. The third-order valence-electron chi connectivity index (χ3n) is 6.89. The third-order valence-corrected chi connectivity index (χ3v) is 6.89. The van der Waals surface area contributed by atoms with Crippen LogP contribution in [0.4, 0.5) is 0 Å². The normalized spacial score (nSPS) is 27.6. The van der Waals surface area contributed by atoms with Crippen molar-refractivity contribution in [3.8, 4) is 0 Å². The van der Waals surface area contributed by atoms with Crippen LogP contribution < -0.4 is 0 Å². The Morgan fingerprint density at radius 3 is 2.55 bits per heavy atom. The smallest absolute Gasteiger partial charge is 0.382 e. The summed E-state index contributed by atoms with van der Waals surface area (Å²) in [6.45, 7) is 2.73. The molecule has 1 saturated heterocycles. The van der Waals surface area contributed by atoms with E-state index in [1.54, 1.807) is 18.5 Å². The molecule has 1 aliphatic heterocycles. The highest BCUT2D eigenvalue weighted by atomic mass is 16.4. The molecular weight excluding hydrogens is 368 g/mol. The minimum atomic E-state index is -1.00. The fraction of sp³-hybridized carbons (Fsp3) is 0.652. The Balaban J connectivity index is 1.80. The lowest BCUT2D eigenvalue weighted by Gasteiger charge is -2.36. The Labute approximate surface area is 172 Å². The first-order valence-corrected chi connectivity index (χ1v) is 11.1. The largest absolute Gasteiger partial charge is 0.477 e. The number of carbonyl (C=O) groups is 3. The van der Waals surface area contributed by atoms with Crippen molar-refractivity contribution in [3.63, 3.8) is 0 Å². The number of carboxylic acids is 1. The number of aromatic nitrogens is 1. The maximum Gasteiger partial charge on any atom is 0.382 e. The number of carbonyl (C=O) groups excluding carboxylic acids is 2. The Hall–Kier alpha value is -2.08. The molecule has 0 bridgehead atoms. The molecule has 0 aromatic carbocycles. The van der Waals surface area contributed by atoms with Gasteiger partial charge in [0, 0.05) is 25.2 Å². The molecule has 3 atom stereocenters. The maximum atomic E-state index is 13.4. The van der Waals surface area contributed by atoms with Gasteiger partial charge in [-0.2, -0.15) is 0 Å². The quantitative estimate of drug-likeness (QED) is 0.530. The molecule has 6 heteroatoms. The predicted molar refractivity (Wildman–Crippen MR) is 109 cm³/mol. The van der Waals surface area contributed by atoms with Gasteiger partial charge in [0.05, 0.1) is 19.0 Å². The lowest BCUT2D eigenvalue weighted by molar-refractivity contribution is -0.855. The Bertz CT molecular complexity index is 730. The first kappa shape index (κ1) is 21.6. The zero-order valence-corrected chi connectivity index (χ0v) is 17.4. The van der Waals surface area contributed by atoms with E-state index in [4.69, 9.17) is 0 Å². The average molecular weight is 402 g/mol. The van der Waals surface area contributed by atoms with E-state index in [1.165, 1.54) is 19.3 Å². The zero-order valence-electron chi connectivity index (χ0n) is 17.4. The highest BCUT2D eigenvalue weighted by molar-refractivity contribution is 6.33. The molecule has 2 fully saturated rings. The van der Waals surface area contributed by atoms with Gasteiger partial charge in [0.15, 0.2) is 0 Å².